The average molecular weight is 709 g/mol. The molecular weight excluding hydrogens is 673 g/mol. The summed E-state index contributed by atoms with van der Waals surface area (Å²) in [5, 5.41) is 2.26. The predicted octanol–water partition coefficient (Wildman–Crippen LogP) is 6.02. The van der Waals surface area contributed by atoms with Gasteiger partial charge in [-0.1, -0.05) is 128 Å². The van der Waals surface area contributed by atoms with Gasteiger partial charge in [0.2, 0.25) is 0 Å². The van der Waals surface area contributed by atoms with Crippen LogP contribution in [0.15, 0.2) is 109 Å². The number of hydrogen-bond acceptors (Lipinski definition) is 3. The molecule has 8 heteroatoms. The molecule has 5 unspecified atom stereocenters. The Morgan fingerprint density at radius 2 is 1.07 bits per heavy atom. The van der Waals surface area contributed by atoms with E-state index >= 15 is 0 Å². The molecule has 10 radical (unpaired) electrons. The molecule has 258 valence electrons. The molecule has 3 aliphatic carbocycles. The Bertz CT molecular complexity index is 2680. The van der Waals surface area contributed by atoms with E-state index in [0.29, 0.717) is 35.0 Å². The van der Waals surface area contributed by atoms with Gasteiger partial charge >= 0.3 is 0 Å². The van der Waals surface area contributed by atoms with Crippen molar-refractivity contribution < 1.29 is 0 Å². The molecule has 1 spiro atoms. The molecule has 56 heavy (non-hydrogen) atoms. The quantitative estimate of drug-likeness (QED) is 0.210. The van der Waals surface area contributed by atoms with Crippen LogP contribution in [-0.2, 0) is 5.41 Å². The number of rotatable bonds is 4. The van der Waals surface area contributed by atoms with E-state index < -0.39 is 0 Å². The number of fused-ring (bicyclic) bond motifs is 10. The molecule has 3 aliphatic rings. The molecule has 0 saturated heterocycles. The lowest BCUT2D eigenvalue weighted by molar-refractivity contribution is 0.0426. The first-order valence-corrected chi connectivity index (χ1v) is 19.7. The molecule has 1 aromatic heterocycles. The molecule has 2 saturated carbocycles. The zero-order valence-corrected chi connectivity index (χ0v) is 31.8. The molecule has 7 aromatic rings. The third kappa shape index (κ3) is 5.20. The van der Waals surface area contributed by atoms with E-state index in [1.807, 2.05) is 30.3 Å². The van der Waals surface area contributed by atoms with Crippen LogP contribution >= 0.6 is 0 Å². The van der Waals surface area contributed by atoms with Gasteiger partial charge in [-0.3, -0.25) is 0 Å². The van der Waals surface area contributed by atoms with Gasteiger partial charge < -0.3 is 0 Å². The fourth-order valence-electron chi connectivity index (χ4n) is 11.0. The van der Waals surface area contributed by atoms with Crippen molar-refractivity contribution in [1.82, 2.24) is 15.0 Å². The largest absolute Gasteiger partial charge is 0.208 e. The highest BCUT2D eigenvalue weighted by Crippen LogP contribution is 2.65. The van der Waals surface area contributed by atoms with Crippen molar-refractivity contribution in [2.24, 2.45) is 23.7 Å². The van der Waals surface area contributed by atoms with Gasteiger partial charge in [-0.25, -0.2) is 15.0 Å². The van der Waals surface area contributed by atoms with E-state index in [-0.39, 0.29) is 38.6 Å². The zero-order chi connectivity index (χ0) is 38.5. The highest BCUT2D eigenvalue weighted by Gasteiger charge is 2.57. The molecular formula is C48H36B5N3. The van der Waals surface area contributed by atoms with E-state index in [2.05, 4.69) is 92.7 Å². The second-order valence-corrected chi connectivity index (χ2v) is 16.5. The monoisotopic (exact) mass is 709 g/mol. The van der Waals surface area contributed by atoms with Crippen molar-refractivity contribution in [3.8, 4) is 56.4 Å². The number of aromatic nitrogens is 3. The Balaban J connectivity index is 1.25. The molecule has 2 bridgehead atoms. The van der Waals surface area contributed by atoms with Crippen LogP contribution in [0.2, 0.25) is 0 Å². The van der Waals surface area contributed by atoms with Crippen molar-refractivity contribution in [3.05, 3.63) is 120 Å². The summed E-state index contributed by atoms with van der Waals surface area (Å²) in [5.41, 5.74) is 10.5. The molecule has 3 nitrogen and oxygen atoms in total. The van der Waals surface area contributed by atoms with Crippen molar-refractivity contribution in [2.75, 3.05) is 0 Å². The molecule has 10 rings (SSSR count). The van der Waals surface area contributed by atoms with Gasteiger partial charge in [-0.2, -0.15) is 0 Å². The van der Waals surface area contributed by atoms with Crippen LogP contribution in [0.1, 0.15) is 50.7 Å². The first kappa shape index (κ1) is 35.3. The standard InChI is InChI=1S/C48H36B5N3/c1-25-20-27-22-26(2)48(31(21-25)23-27)36-15-9-8-14-34(36)38-33-13-7-6-12-32(33)35(24-37(38)48)46-54-45(30-18-16-29(17-19-30)28-10-4-3-5-11-28)55-47(56-46)39-40(49)42(51)44(53)43(52)41(39)50/h3-19,24-27,31H,20-23H2,1-2H3. The Hall–Kier alpha value is -5.09. The highest BCUT2D eigenvalue weighted by atomic mass is 15.0. The summed E-state index contributed by atoms with van der Waals surface area (Å²) in [5.74, 6) is 3.73. The van der Waals surface area contributed by atoms with Crippen LogP contribution in [0.25, 0.3) is 67.2 Å². The summed E-state index contributed by atoms with van der Waals surface area (Å²) in [4.78, 5) is 15.5. The average Bonchev–Trinajstić information content (AvgIpc) is 3.52. The highest BCUT2D eigenvalue weighted by molar-refractivity contribution is 6.68. The number of benzene rings is 6. The van der Waals surface area contributed by atoms with E-state index in [0.717, 1.165) is 33.6 Å². The molecule has 1 heterocycles. The van der Waals surface area contributed by atoms with E-state index in [9.17, 15) is 0 Å². The summed E-state index contributed by atoms with van der Waals surface area (Å²) < 4.78 is 0. The Kier molecular flexibility index (Phi) is 8.37. The summed E-state index contributed by atoms with van der Waals surface area (Å²) in [6.45, 7) is 4.94. The minimum Gasteiger partial charge on any atom is -0.208 e. The lowest BCUT2D eigenvalue weighted by atomic mass is 9.49. The lowest BCUT2D eigenvalue weighted by Crippen LogP contribution is -2.55. The van der Waals surface area contributed by atoms with Crippen LogP contribution in [0.5, 0.6) is 0 Å². The Morgan fingerprint density at radius 3 is 1.82 bits per heavy atom. The van der Waals surface area contributed by atoms with Crippen LogP contribution in [-0.4, -0.2) is 54.2 Å². The Labute approximate surface area is 336 Å². The van der Waals surface area contributed by atoms with E-state index in [1.54, 1.807) is 0 Å². The van der Waals surface area contributed by atoms with Crippen molar-refractivity contribution in [1.29, 1.82) is 0 Å². The van der Waals surface area contributed by atoms with Gasteiger partial charge in [0.05, 0.1) is 0 Å². The predicted molar refractivity (Wildman–Crippen MR) is 236 cm³/mol. The summed E-state index contributed by atoms with van der Waals surface area (Å²) >= 11 is 0. The molecule has 6 aromatic carbocycles. The zero-order valence-electron chi connectivity index (χ0n) is 31.8. The van der Waals surface area contributed by atoms with Gasteiger partial charge in [0.15, 0.2) is 17.5 Å². The van der Waals surface area contributed by atoms with Crippen LogP contribution in [0, 0.1) is 23.7 Å². The summed E-state index contributed by atoms with van der Waals surface area (Å²) in [6, 6.07) is 38.8. The second kappa shape index (κ2) is 13.3. The normalized spacial score (nSPS) is 22.2. The van der Waals surface area contributed by atoms with Crippen molar-refractivity contribution in [2.45, 2.75) is 44.9 Å². The third-order valence-electron chi connectivity index (χ3n) is 13.3. The fraction of sp³-hybridized carbons (Fsp3) is 0.229. The molecule has 5 atom stereocenters. The number of nitrogens with zero attached hydrogens (tertiary/aromatic N) is 3. The fourth-order valence-corrected chi connectivity index (χ4v) is 11.0. The maximum Gasteiger partial charge on any atom is 0.164 e. The maximum absolute atomic E-state index is 6.69. The summed E-state index contributed by atoms with van der Waals surface area (Å²) in [7, 11) is 32.5. The van der Waals surface area contributed by atoms with E-state index in [4.69, 9.17) is 54.2 Å². The third-order valence-corrected chi connectivity index (χ3v) is 13.3. The van der Waals surface area contributed by atoms with Crippen molar-refractivity contribution in [3.63, 3.8) is 0 Å². The van der Waals surface area contributed by atoms with Gasteiger partial charge in [0.25, 0.3) is 0 Å². The minimum atomic E-state index is -0.128. The minimum absolute atomic E-state index is 0.128. The van der Waals surface area contributed by atoms with Crippen molar-refractivity contribution >= 4 is 77.3 Å². The smallest absolute Gasteiger partial charge is 0.164 e. The number of hydrogen-bond donors (Lipinski definition) is 0. The van der Waals surface area contributed by atoms with Gasteiger partial charge in [-0.15, -0.1) is 16.4 Å². The van der Waals surface area contributed by atoms with Crippen LogP contribution in [0.4, 0.5) is 0 Å². The van der Waals surface area contributed by atoms with Gasteiger partial charge in [0.1, 0.15) is 39.2 Å². The molecule has 2 fully saturated rings. The van der Waals surface area contributed by atoms with Crippen LogP contribution < -0.4 is 27.3 Å². The Morgan fingerprint density at radius 1 is 0.482 bits per heavy atom. The van der Waals surface area contributed by atoms with Gasteiger partial charge in [-0.05, 0) is 99.6 Å². The maximum atomic E-state index is 6.69. The van der Waals surface area contributed by atoms with Crippen LogP contribution in [0.3, 0.4) is 0 Å². The topological polar surface area (TPSA) is 38.7 Å². The molecule has 0 aliphatic heterocycles. The second-order valence-electron chi connectivity index (χ2n) is 16.5. The molecule has 0 N–H and O–H groups in total. The summed E-state index contributed by atoms with van der Waals surface area (Å²) in [6.07, 6.45) is 5.01. The van der Waals surface area contributed by atoms with Gasteiger partial charge in [0, 0.05) is 22.1 Å². The van der Waals surface area contributed by atoms with E-state index in [1.165, 1.54) is 53.3 Å². The first-order valence-electron chi connectivity index (χ1n) is 19.7. The first-order chi connectivity index (χ1) is 27.1. The molecule has 0 amide bonds. The lowest BCUT2D eigenvalue weighted by Gasteiger charge is -2.54. The SMILES string of the molecule is [B]c1c([B])c([B])c(-c2nc(-c3ccc(-c4ccccc4)cc3)nc(-c3cc4c(c5ccccc35)-c3ccccc3C43C(C)CC4CC(C)CC3C4)n2)c([B])c1[B].